The molecule has 0 fully saturated rings. The number of fused-ring (bicyclic) bond motifs is 1. The summed E-state index contributed by atoms with van der Waals surface area (Å²) < 4.78 is 39.4. The van der Waals surface area contributed by atoms with E-state index in [4.69, 9.17) is 5.73 Å². The topological polar surface area (TPSA) is 43.8 Å². The molecule has 0 amide bonds. The molecule has 0 radical (unpaired) electrons. The lowest BCUT2D eigenvalue weighted by atomic mass is 10.1. The van der Waals surface area contributed by atoms with Crippen molar-refractivity contribution in [3.63, 3.8) is 0 Å². The molecule has 1 atom stereocenters. The van der Waals surface area contributed by atoms with Crippen molar-refractivity contribution in [2.45, 2.75) is 19.1 Å². The number of nitrogens with zero attached hydrogens (tertiary/aromatic N) is 2. The Balaban J connectivity index is 2.74. The van der Waals surface area contributed by atoms with Crippen LogP contribution in [0.25, 0.3) is 10.9 Å². The van der Waals surface area contributed by atoms with Crippen LogP contribution >= 0.6 is 0 Å². The summed E-state index contributed by atoms with van der Waals surface area (Å²) >= 11 is 0. The van der Waals surface area contributed by atoms with Crippen LogP contribution in [-0.2, 0) is 13.2 Å². The third-order valence-electron chi connectivity index (χ3n) is 2.65. The lowest BCUT2D eigenvalue weighted by molar-refractivity contribution is -0.142. The molecule has 1 heterocycles. The Kier molecular flexibility index (Phi) is 2.61. The van der Waals surface area contributed by atoms with Crippen LogP contribution in [0.1, 0.15) is 24.2 Å². The van der Waals surface area contributed by atoms with E-state index in [0.29, 0.717) is 11.1 Å². The third kappa shape index (κ3) is 2.00. The van der Waals surface area contributed by atoms with Gasteiger partial charge in [0, 0.05) is 18.5 Å². The standard InChI is InChI=1S/C11H12F3N3/c1-6(15)7-3-4-9-8(5-7)10(11(12,13)14)17(2)16-9/h3-6H,15H2,1-2H3. The number of hydrogen-bond acceptors (Lipinski definition) is 2. The van der Waals surface area contributed by atoms with E-state index in [9.17, 15) is 13.2 Å². The summed E-state index contributed by atoms with van der Waals surface area (Å²) in [5, 5.41) is 3.93. The van der Waals surface area contributed by atoms with Gasteiger partial charge in [0.15, 0.2) is 0 Å². The van der Waals surface area contributed by atoms with E-state index in [1.165, 1.54) is 13.1 Å². The van der Waals surface area contributed by atoms with Crippen LogP contribution in [0.2, 0.25) is 0 Å². The van der Waals surface area contributed by atoms with Gasteiger partial charge in [-0.05, 0) is 24.6 Å². The van der Waals surface area contributed by atoms with E-state index in [1.807, 2.05) is 0 Å². The van der Waals surface area contributed by atoms with Gasteiger partial charge in [0.2, 0.25) is 0 Å². The fraction of sp³-hybridized carbons (Fsp3) is 0.364. The molecule has 3 nitrogen and oxygen atoms in total. The summed E-state index contributed by atoms with van der Waals surface area (Å²) in [7, 11) is 1.29. The lowest BCUT2D eigenvalue weighted by Crippen LogP contribution is -2.12. The maximum Gasteiger partial charge on any atom is 0.433 e. The molecule has 17 heavy (non-hydrogen) atoms. The minimum atomic E-state index is -4.42. The molecule has 0 aliphatic rings. The Morgan fingerprint density at radius 1 is 1.35 bits per heavy atom. The fourth-order valence-corrected chi connectivity index (χ4v) is 1.84. The van der Waals surface area contributed by atoms with Gasteiger partial charge >= 0.3 is 6.18 Å². The van der Waals surface area contributed by atoms with Crippen LogP contribution in [0.4, 0.5) is 13.2 Å². The number of hydrogen-bond donors (Lipinski definition) is 1. The number of halogens is 3. The maximum absolute atomic E-state index is 12.9. The molecule has 6 heteroatoms. The first-order valence-electron chi connectivity index (χ1n) is 5.10. The highest BCUT2D eigenvalue weighted by Gasteiger charge is 2.36. The van der Waals surface area contributed by atoms with Gasteiger partial charge in [-0.25, -0.2) is 0 Å². The van der Waals surface area contributed by atoms with Crippen molar-refractivity contribution in [2.75, 3.05) is 0 Å². The van der Waals surface area contributed by atoms with Crippen molar-refractivity contribution in [2.24, 2.45) is 12.8 Å². The van der Waals surface area contributed by atoms with Crippen LogP contribution < -0.4 is 5.73 Å². The van der Waals surface area contributed by atoms with Crippen LogP contribution in [0.15, 0.2) is 18.2 Å². The Morgan fingerprint density at radius 3 is 2.53 bits per heavy atom. The largest absolute Gasteiger partial charge is 0.433 e. The van der Waals surface area contributed by atoms with Gasteiger partial charge in [0.25, 0.3) is 0 Å². The summed E-state index contributed by atoms with van der Waals surface area (Å²) in [5.41, 5.74) is 5.91. The average Bonchev–Trinajstić information content (AvgIpc) is 2.51. The van der Waals surface area contributed by atoms with E-state index in [1.54, 1.807) is 19.1 Å². The zero-order valence-electron chi connectivity index (χ0n) is 9.42. The average molecular weight is 243 g/mol. The van der Waals surface area contributed by atoms with Crippen LogP contribution in [0, 0.1) is 0 Å². The predicted octanol–water partition coefficient (Wildman–Crippen LogP) is 2.61. The second-order valence-corrected chi connectivity index (χ2v) is 4.04. The zero-order chi connectivity index (χ0) is 12.8. The Bertz CT molecular complexity index is 555. The molecule has 2 rings (SSSR count). The predicted molar refractivity (Wildman–Crippen MR) is 58.3 cm³/mol. The summed E-state index contributed by atoms with van der Waals surface area (Å²) in [5.74, 6) is 0. The van der Waals surface area contributed by atoms with Crippen molar-refractivity contribution >= 4 is 10.9 Å². The number of rotatable bonds is 1. The summed E-state index contributed by atoms with van der Waals surface area (Å²) in [6, 6.07) is 4.40. The molecular formula is C11H12F3N3. The number of aryl methyl sites for hydroxylation is 1. The Labute approximate surface area is 96.0 Å². The van der Waals surface area contributed by atoms with E-state index in [-0.39, 0.29) is 11.4 Å². The van der Waals surface area contributed by atoms with Crippen molar-refractivity contribution in [3.05, 3.63) is 29.5 Å². The molecule has 1 aromatic heterocycles. The highest BCUT2D eigenvalue weighted by Crippen LogP contribution is 2.35. The van der Waals surface area contributed by atoms with Gasteiger partial charge in [-0.2, -0.15) is 18.3 Å². The molecule has 0 saturated heterocycles. The van der Waals surface area contributed by atoms with Crippen molar-refractivity contribution in [3.8, 4) is 0 Å². The van der Waals surface area contributed by atoms with Gasteiger partial charge in [-0.3, -0.25) is 4.68 Å². The van der Waals surface area contributed by atoms with Gasteiger partial charge in [0.05, 0.1) is 5.52 Å². The summed E-state index contributed by atoms with van der Waals surface area (Å²) in [4.78, 5) is 0. The first kappa shape index (κ1) is 11.9. The summed E-state index contributed by atoms with van der Waals surface area (Å²) in [6.07, 6.45) is -4.42. The molecule has 0 aliphatic heterocycles. The molecule has 2 aromatic rings. The Morgan fingerprint density at radius 2 is 2.00 bits per heavy atom. The number of alkyl halides is 3. The molecule has 1 unspecified atom stereocenters. The van der Waals surface area contributed by atoms with Gasteiger partial charge in [-0.15, -0.1) is 0 Å². The Hall–Kier alpha value is -1.56. The minimum absolute atomic E-state index is 0.0924. The van der Waals surface area contributed by atoms with Gasteiger partial charge in [0.1, 0.15) is 5.69 Å². The molecule has 0 bridgehead atoms. The molecule has 0 saturated carbocycles. The zero-order valence-corrected chi connectivity index (χ0v) is 9.42. The highest BCUT2D eigenvalue weighted by molar-refractivity contribution is 5.83. The van der Waals surface area contributed by atoms with Crippen LogP contribution in [0.3, 0.4) is 0 Å². The minimum Gasteiger partial charge on any atom is -0.324 e. The normalized spacial score (nSPS) is 14.2. The quantitative estimate of drug-likeness (QED) is 0.836. The molecule has 1 aromatic carbocycles. The molecule has 92 valence electrons. The van der Waals surface area contributed by atoms with Gasteiger partial charge < -0.3 is 5.73 Å². The van der Waals surface area contributed by atoms with E-state index >= 15 is 0 Å². The number of aromatic nitrogens is 2. The van der Waals surface area contributed by atoms with E-state index < -0.39 is 11.9 Å². The first-order chi connectivity index (χ1) is 7.80. The van der Waals surface area contributed by atoms with Crippen molar-refractivity contribution in [1.29, 1.82) is 0 Å². The highest BCUT2D eigenvalue weighted by atomic mass is 19.4. The second kappa shape index (κ2) is 3.73. The van der Waals surface area contributed by atoms with Crippen LogP contribution in [-0.4, -0.2) is 9.78 Å². The third-order valence-corrected chi connectivity index (χ3v) is 2.65. The van der Waals surface area contributed by atoms with Crippen LogP contribution in [0.5, 0.6) is 0 Å². The number of nitrogens with two attached hydrogens (primary N) is 1. The molecule has 0 spiro atoms. The monoisotopic (exact) mass is 243 g/mol. The second-order valence-electron chi connectivity index (χ2n) is 4.04. The maximum atomic E-state index is 12.9. The van der Waals surface area contributed by atoms with Gasteiger partial charge in [-0.1, -0.05) is 6.07 Å². The molecule has 0 aliphatic carbocycles. The van der Waals surface area contributed by atoms with Crippen molar-refractivity contribution in [1.82, 2.24) is 9.78 Å². The summed E-state index contributed by atoms with van der Waals surface area (Å²) in [6.45, 7) is 1.73. The lowest BCUT2D eigenvalue weighted by Gasteiger charge is -2.08. The van der Waals surface area contributed by atoms with E-state index in [0.717, 1.165) is 4.68 Å². The number of benzene rings is 1. The van der Waals surface area contributed by atoms with E-state index in [2.05, 4.69) is 5.10 Å². The smallest absolute Gasteiger partial charge is 0.324 e. The first-order valence-corrected chi connectivity index (χ1v) is 5.10. The SMILES string of the molecule is CC(N)c1ccc2nn(C)c(C(F)(F)F)c2c1. The fourth-order valence-electron chi connectivity index (χ4n) is 1.84. The molecular weight excluding hydrogens is 231 g/mol. The molecule has 2 N–H and O–H groups in total. The van der Waals surface area contributed by atoms with Crippen molar-refractivity contribution < 1.29 is 13.2 Å².